The van der Waals surface area contributed by atoms with Crippen molar-refractivity contribution in [2.45, 2.75) is 19.3 Å². The number of thiophene rings is 1. The highest BCUT2D eigenvalue weighted by Gasteiger charge is 2.22. The minimum Gasteiger partial charge on any atom is -0.465 e. The van der Waals surface area contributed by atoms with E-state index >= 15 is 0 Å². The molecule has 3 rings (SSSR count). The van der Waals surface area contributed by atoms with Crippen LogP contribution < -0.4 is 5.32 Å². The first kappa shape index (κ1) is 18.1. The zero-order chi connectivity index (χ0) is 18.5. The van der Waals surface area contributed by atoms with E-state index in [0.717, 1.165) is 43.7 Å². The Morgan fingerprint density at radius 3 is 2.42 bits per heavy atom. The normalized spacial score (nSPS) is 14.0. The van der Waals surface area contributed by atoms with E-state index in [9.17, 15) is 14.4 Å². The average molecular weight is 372 g/mol. The quantitative estimate of drug-likeness (QED) is 0.835. The van der Waals surface area contributed by atoms with Crippen molar-refractivity contribution in [2.24, 2.45) is 0 Å². The molecule has 2 aromatic rings. The molecule has 7 heteroatoms. The smallest absolute Gasteiger partial charge is 0.348 e. The fraction of sp³-hybridized carbons (Fsp3) is 0.316. The number of nitrogens with one attached hydrogen (secondary N) is 1. The van der Waals surface area contributed by atoms with E-state index in [0.29, 0.717) is 21.0 Å². The third-order valence-corrected chi connectivity index (χ3v) is 5.33. The van der Waals surface area contributed by atoms with Gasteiger partial charge in [-0.05, 0) is 43.5 Å². The average Bonchev–Trinajstić information content (AvgIpc) is 3.18. The topological polar surface area (TPSA) is 75.7 Å². The van der Waals surface area contributed by atoms with E-state index in [1.165, 1.54) is 7.11 Å². The number of hydrogen-bond donors (Lipinski definition) is 1. The number of ether oxygens (including phenoxy) is 1. The number of para-hydroxylation sites is 1. The van der Waals surface area contributed by atoms with Crippen LogP contribution in [0.25, 0.3) is 0 Å². The van der Waals surface area contributed by atoms with Crippen LogP contribution in [0.1, 0.15) is 49.0 Å². The van der Waals surface area contributed by atoms with Gasteiger partial charge in [-0.25, -0.2) is 4.79 Å². The Labute approximate surface area is 155 Å². The summed E-state index contributed by atoms with van der Waals surface area (Å²) in [6.45, 7) is 1.49. The van der Waals surface area contributed by atoms with Gasteiger partial charge in [-0.2, -0.15) is 0 Å². The molecule has 0 radical (unpaired) electrons. The van der Waals surface area contributed by atoms with Gasteiger partial charge in [0.2, 0.25) is 0 Å². The molecule has 0 atom stereocenters. The van der Waals surface area contributed by atoms with Gasteiger partial charge in [0.25, 0.3) is 11.8 Å². The zero-order valence-electron chi connectivity index (χ0n) is 14.5. The van der Waals surface area contributed by atoms with Gasteiger partial charge in [0.05, 0.1) is 23.2 Å². The summed E-state index contributed by atoms with van der Waals surface area (Å²) in [7, 11) is 1.30. The first-order valence-corrected chi connectivity index (χ1v) is 9.29. The fourth-order valence-electron chi connectivity index (χ4n) is 2.90. The molecular formula is C19H20N2O4S. The molecule has 6 nitrogen and oxygen atoms in total. The third-order valence-electron chi connectivity index (χ3n) is 4.27. The summed E-state index contributed by atoms with van der Waals surface area (Å²) < 4.78 is 4.65. The van der Waals surface area contributed by atoms with E-state index in [1.54, 1.807) is 36.4 Å². The minimum atomic E-state index is -0.477. The first-order chi connectivity index (χ1) is 12.6. The van der Waals surface area contributed by atoms with Crippen molar-refractivity contribution in [3.05, 3.63) is 51.7 Å². The number of likely N-dealkylation sites (tertiary alicyclic amines) is 1. The highest BCUT2D eigenvalue weighted by atomic mass is 32.1. The Balaban J connectivity index is 1.77. The molecule has 1 fully saturated rings. The summed E-state index contributed by atoms with van der Waals surface area (Å²) >= 11 is 1.05. The maximum absolute atomic E-state index is 12.8. The monoisotopic (exact) mass is 372 g/mol. The number of piperidine rings is 1. The molecule has 0 saturated carbocycles. The largest absolute Gasteiger partial charge is 0.465 e. The Hall–Kier alpha value is -2.67. The fourth-order valence-corrected chi connectivity index (χ4v) is 3.72. The molecule has 2 heterocycles. The van der Waals surface area contributed by atoms with Crippen molar-refractivity contribution in [1.29, 1.82) is 0 Å². The predicted octanol–water partition coefficient (Wildman–Crippen LogP) is 3.41. The first-order valence-electron chi connectivity index (χ1n) is 8.48. The standard InChI is InChI=1S/C19H20N2O4S/c1-25-19(24)16-10-9-15(26-16)17(22)20-14-8-4-3-7-13(14)18(23)21-11-5-2-6-12-21/h3-4,7-10H,2,5-6,11-12H2,1H3,(H,20,22). The van der Waals surface area contributed by atoms with Crippen molar-refractivity contribution in [3.63, 3.8) is 0 Å². The SMILES string of the molecule is COC(=O)c1ccc(C(=O)Nc2ccccc2C(=O)N2CCCCC2)s1. The lowest BCUT2D eigenvalue weighted by Crippen LogP contribution is -2.36. The maximum Gasteiger partial charge on any atom is 0.348 e. The van der Waals surface area contributed by atoms with Crippen molar-refractivity contribution in [1.82, 2.24) is 4.90 Å². The van der Waals surface area contributed by atoms with Crippen LogP contribution >= 0.6 is 11.3 Å². The van der Waals surface area contributed by atoms with E-state index in [2.05, 4.69) is 10.1 Å². The summed E-state index contributed by atoms with van der Waals surface area (Å²) in [5.74, 6) is -0.902. The minimum absolute atomic E-state index is 0.0676. The van der Waals surface area contributed by atoms with Crippen LogP contribution in [0, 0.1) is 0 Å². The second-order valence-corrected chi connectivity index (χ2v) is 7.09. The van der Waals surface area contributed by atoms with Gasteiger partial charge in [-0.15, -0.1) is 11.3 Å². The van der Waals surface area contributed by atoms with Crippen LogP contribution in [0.15, 0.2) is 36.4 Å². The molecular weight excluding hydrogens is 352 g/mol. The van der Waals surface area contributed by atoms with E-state index in [4.69, 9.17) is 0 Å². The van der Waals surface area contributed by atoms with Crippen LogP contribution in [0.2, 0.25) is 0 Å². The van der Waals surface area contributed by atoms with Crippen molar-refractivity contribution >= 4 is 34.8 Å². The number of rotatable bonds is 4. The van der Waals surface area contributed by atoms with Gasteiger partial charge >= 0.3 is 5.97 Å². The second kappa shape index (κ2) is 8.14. The molecule has 1 N–H and O–H groups in total. The Morgan fingerprint density at radius 2 is 1.69 bits per heavy atom. The molecule has 0 unspecified atom stereocenters. The van der Waals surface area contributed by atoms with E-state index in [-0.39, 0.29) is 11.8 Å². The molecule has 136 valence electrons. The van der Waals surface area contributed by atoms with Crippen molar-refractivity contribution in [2.75, 3.05) is 25.5 Å². The van der Waals surface area contributed by atoms with Gasteiger partial charge < -0.3 is 15.0 Å². The highest BCUT2D eigenvalue weighted by molar-refractivity contribution is 7.16. The number of amides is 2. The number of nitrogens with zero attached hydrogens (tertiary/aromatic N) is 1. The van der Waals surface area contributed by atoms with Crippen LogP contribution in [0.3, 0.4) is 0 Å². The second-order valence-electron chi connectivity index (χ2n) is 6.01. The molecule has 2 amide bonds. The number of carbonyl (C=O) groups excluding carboxylic acids is 3. The van der Waals surface area contributed by atoms with Gasteiger partial charge in [-0.1, -0.05) is 12.1 Å². The molecule has 1 aromatic heterocycles. The number of benzene rings is 1. The van der Waals surface area contributed by atoms with Crippen molar-refractivity contribution in [3.8, 4) is 0 Å². The lowest BCUT2D eigenvalue weighted by atomic mass is 10.1. The maximum atomic E-state index is 12.8. The van der Waals surface area contributed by atoms with Crippen LogP contribution in [0.4, 0.5) is 5.69 Å². The number of carbonyl (C=O) groups is 3. The Morgan fingerprint density at radius 1 is 1.00 bits per heavy atom. The zero-order valence-corrected chi connectivity index (χ0v) is 15.3. The Bertz CT molecular complexity index is 824. The van der Waals surface area contributed by atoms with E-state index < -0.39 is 5.97 Å². The molecule has 1 aliphatic heterocycles. The molecule has 1 saturated heterocycles. The predicted molar refractivity (Wildman–Crippen MR) is 99.8 cm³/mol. The lowest BCUT2D eigenvalue weighted by molar-refractivity contribution is 0.0605. The molecule has 0 aliphatic carbocycles. The molecule has 26 heavy (non-hydrogen) atoms. The number of hydrogen-bond acceptors (Lipinski definition) is 5. The van der Waals surface area contributed by atoms with Gasteiger partial charge in [0, 0.05) is 13.1 Å². The third kappa shape index (κ3) is 3.94. The van der Waals surface area contributed by atoms with E-state index in [1.807, 2.05) is 4.90 Å². The summed E-state index contributed by atoms with van der Waals surface area (Å²) in [4.78, 5) is 39.4. The Kier molecular flexibility index (Phi) is 5.68. The number of anilines is 1. The van der Waals surface area contributed by atoms with Crippen LogP contribution in [-0.4, -0.2) is 42.9 Å². The summed E-state index contributed by atoms with van der Waals surface area (Å²) in [5.41, 5.74) is 0.952. The number of esters is 1. The van der Waals surface area contributed by atoms with Crippen molar-refractivity contribution < 1.29 is 19.1 Å². The summed E-state index contributed by atoms with van der Waals surface area (Å²) in [6, 6.07) is 10.1. The summed E-state index contributed by atoms with van der Waals surface area (Å²) in [5, 5.41) is 2.79. The number of methoxy groups -OCH3 is 1. The molecule has 0 bridgehead atoms. The van der Waals surface area contributed by atoms with Gasteiger partial charge in [-0.3, -0.25) is 9.59 Å². The van der Waals surface area contributed by atoms with Crippen LogP contribution in [-0.2, 0) is 4.74 Å². The molecule has 0 spiro atoms. The molecule has 1 aliphatic rings. The van der Waals surface area contributed by atoms with Gasteiger partial charge in [0.1, 0.15) is 4.88 Å². The highest BCUT2D eigenvalue weighted by Crippen LogP contribution is 2.23. The van der Waals surface area contributed by atoms with Crippen LogP contribution in [0.5, 0.6) is 0 Å². The summed E-state index contributed by atoms with van der Waals surface area (Å²) in [6.07, 6.45) is 3.15. The van der Waals surface area contributed by atoms with Gasteiger partial charge in [0.15, 0.2) is 0 Å². The molecule has 1 aromatic carbocycles. The lowest BCUT2D eigenvalue weighted by Gasteiger charge is -2.27.